The summed E-state index contributed by atoms with van der Waals surface area (Å²) in [5.41, 5.74) is 5.43. The molecule has 0 aliphatic heterocycles. The minimum atomic E-state index is 0.588. The molecule has 4 heteroatoms. The predicted octanol–water partition coefficient (Wildman–Crippen LogP) is 4.17. The SMILES string of the molecule is c1ccc(-c2ccc(NCn3nnc4ccccc43)cc2)cc1. The quantitative estimate of drug-likeness (QED) is 0.615. The number of aromatic nitrogens is 3. The van der Waals surface area contributed by atoms with Gasteiger partial charge in [0.15, 0.2) is 0 Å². The molecule has 0 saturated heterocycles. The van der Waals surface area contributed by atoms with Gasteiger partial charge in [-0.3, -0.25) is 0 Å². The molecule has 0 amide bonds. The maximum absolute atomic E-state index is 4.18. The van der Waals surface area contributed by atoms with Crippen molar-refractivity contribution in [1.29, 1.82) is 0 Å². The molecule has 1 heterocycles. The zero-order valence-corrected chi connectivity index (χ0v) is 12.6. The van der Waals surface area contributed by atoms with Crippen molar-refractivity contribution in [2.75, 3.05) is 5.32 Å². The summed E-state index contributed by atoms with van der Waals surface area (Å²) in [7, 11) is 0. The van der Waals surface area contributed by atoms with Crippen LogP contribution in [0.15, 0.2) is 78.9 Å². The molecule has 0 fully saturated rings. The second-order valence-corrected chi connectivity index (χ2v) is 5.36. The van der Waals surface area contributed by atoms with Crippen molar-refractivity contribution in [3.8, 4) is 11.1 Å². The molecule has 1 N–H and O–H groups in total. The maximum atomic E-state index is 4.18. The van der Waals surface area contributed by atoms with Crippen LogP contribution in [0.1, 0.15) is 0 Å². The van der Waals surface area contributed by atoms with Crippen molar-refractivity contribution < 1.29 is 0 Å². The van der Waals surface area contributed by atoms with E-state index in [1.165, 1.54) is 11.1 Å². The highest BCUT2D eigenvalue weighted by atomic mass is 15.4. The number of nitrogens with zero attached hydrogens (tertiary/aromatic N) is 3. The van der Waals surface area contributed by atoms with Gasteiger partial charge >= 0.3 is 0 Å². The molecule has 0 spiro atoms. The van der Waals surface area contributed by atoms with E-state index >= 15 is 0 Å². The number of nitrogens with one attached hydrogen (secondary N) is 1. The summed E-state index contributed by atoms with van der Waals surface area (Å²) in [4.78, 5) is 0. The second-order valence-electron chi connectivity index (χ2n) is 5.36. The predicted molar refractivity (Wildman–Crippen MR) is 93.0 cm³/mol. The first kappa shape index (κ1) is 13.5. The van der Waals surface area contributed by atoms with Crippen molar-refractivity contribution in [3.05, 3.63) is 78.9 Å². The third-order valence-corrected chi connectivity index (χ3v) is 3.85. The lowest BCUT2D eigenvalue weighted by molar-refractivity contribution is 0.655. The summed E-state index contributed by atoms with van der Waals surface area (Å²) in [6.45, 7) is 0.588. The van der Waals surface area contributed by atoms with E-state index < -0.39 is 0 Å². The zero-order valence-electron chi connectivity index (χ0n) is 12.6. The van der Waals surface area contributed by atoms with Gasteiger partial charge in [-0.15, -0.1) is 5.10 Å². The number of hydrogen-bond acceptors (Lipinski definition) is 3. The van der Waals surface area contributed by atoms with Crippen LogP contribution >= 0.6 is 0 Å². The Labute approximate surface area is 134 Å². The lowest BCUT2D eigenvalue weighted by Crippen LogP contribution is -2.09. The van der Waals surface area contributed by atoms with Crippen LogP contribution in [-0.4, -0.2) is 15.0 Å². The lowest BCUT2D eigenvalue weighted by atomic mass is 10.1. The molecular weight excluding hydrogens is 284 g/mol. The molecular formula is C19H16N4. The molecule has 0 aliphatic rings. The second kappa shape index (κ2) is 5.93. The summed E-state index contributed by atoms with van der Waals surface area (Å²) in [5.74, 6) is 0. The third-order valence-electron chi connectivity index (χ3n) is 3.85. The van der Waals surface area contributed by atoms with Crippen molar-refractivity contribution >= 4 is 16.7 Å². The topological polar surface area (TPSA) is 42.7 Å². The smallest absolute Gasteiger partial charge is 0.113 e. The number of fused-ring (bicyclic) bond motifs is 1. The molecule has 0 saturated carbocycles. The van der Waals surface area contributed by atoms with Gasteiger partial charge in [0.25, 0.3) is 0 Å². The van der Waals surface area contributed by atoms with Crippen LogP contribution < -0.4 is 5.32 Å². The molecule has 0 unspecified atom stereocenters. The fraction of sp³-hybridized carbons (Fsp3) is 0.0526. The van der Waals surface area contributed by atoms with Crippen LogP contribution in [0.3, 0.4) is 0 Å². The Hall–Kier alpha value is -3.14. The largest absolute Gasteiger partial charge is 0.366 e. The van der Waals surface area contributed by atoms with E-state index in [-0.39, 0.29) is 0 Å². The third kappa shape index (κ3) is 2.79. The van der Waals surface area contributed by atoms with Gasteiger partial charge in [-0.2, -0.15) is 0 Å². The normalized spacial score (nSPS) is 10.8. The first-order chi connectivity index (χ1) is 11.4. The molecule has 1 aromatic heterocycles. The summed E-state index contributed by atoms with van der Waals surface area (Å²) in [5, 5.41) is 11.7. The number of rotatable bonds is 4. The molecule has 0 bridgehead atoms. The zero-order chi connectivity index (χ0) is 15.5. The standard InChI is InChI=1S/C19H16N4/c1-2-6-15(7-3-1)16-10-12-17(13-11-16)20-14-23-19-9-5-4-8-18(19)21-22-23/h1-13,20H,14H2. The van der Waals surface area contributed by atoms with Crippen LogP contribution in [0.25, 0.3) is 22.2 Å². The van der Waals surface area contributed by atoms with Crippen molar-refractivity contribution in [2.45, 2.75) is 6.67 Å². The van der Waals surface area contributed by atoms with Crippen molar-refractivity contribution in [1.82, 2.24) is 15.0 Å². The van der Waals surface area contributed by atoms with E-state index in [1.807, 2.05) is 35.0 Å². The molecule has 4 nitrogen and oxygen atoms in total. The highest BCUT2D eigenvalue weighted by molar-refractivity contribution is 5.74. The molecule has 0 aliphatic carbocycles. The van der Waals surface area contributed by atoms with E-state index in [0.29, 0.717) is 6.67 Å². The summed E-state index contributed by atoms with van der Waals surface area (Å²) < 4.78 is 1.86. The van der Waals surface area contributed by atoms with Crippen LogP contribution in [0.4, 0.5) is 5.69 Å². The van der Waals surface area contributed by atoms with E-state index in [9.17, 15) is 0 Å². The first-order valence-electron chi connectivity index (χ1n) is 7.58. The Morgan fingerprint density at radius 2 is 1.43 bits per heavy atom. The van der Waals surface area contributed by atoms with Crippen molar-refractivity contribution in [3.63, 3.8) is 0 Å². The summed E-state index contributed by atoms with van der Waals surface area (Å²) in [6.07, 6.45) is 0. The van der Waals surface area contributed by atoms with E-state index in [2.05, 4.69) is 64.2 Å². The Morgan fingerprint density at radius 3 is 2.26 bits per heavy atom. The van der Waals surface area contributed by atoms with Gasteiger partial charge in [-0.1, -0.05) is 59.8 Å². The molecule has 3 aromatic carbocycles. The van der Waals surface area contributed by atoms with Gasteiger partial charge in [0.1, 0.15) is 12.2 Å². The van der Waals surface area contributed by atoms with Gasteiger partial charge < -0.3 is 5.32 Å². The minimum Gasteiger partial charge on any atom is -0.366 e. The van der Waals surface area contributed by atoms with E-state index in [0.717, 1.165) is 16.7 Å². The van der Waals surface area contributed by atoms with Gasteiger partial charge in [0.05, 0.1) is 5.52 Å². The lowest BCUT2D eigenvalue weighted by Gasteiger charge is -2.08. The average molecular weight is 300 g/mol. The summed E-state index contributed by atoms with van der Waals surface area (Å²) >= 11 is 0. The highest BCUT2D eigenvalue weighted by Crippen LogP contribution is 2.21. The molecule has 0 atom stereocenters. The van der Waals surface area contributed by atoms with Crippen molar-refractivity contribution in [2.24, 2.45) is 0 Å². The number of benzene rings is 3. The molecule has 4 rings (SSSR count). The Bertz CT molecular complexity index is 911. The fourth-order valence-electron chi connectivity index (χ4n) is 2.61. The van der Waals surface area contributed by atoms with Gasteiger partial charge in [0.2, 0.25) is 0 Å². The minimum absolute atomic E-state index is 0.588. The molecule has 0 radical (unpaired) electrons. The number of hydrogen-bond donors (Lipinski definition) is 1. The molecule has 23 heavy (non-hydrogen) atoms. The van der Waals surface area contributed by atoms with Crippen LogP contribution in [0, 0.1) is 0 Å². The maximum Gasteiger partial charge on any atom is 0.113 e. The van der Waals surface area contributed by atoms with Crippen LogP contribution in [0.2, 0.25) is 0 Å². The van der Waals surface area contributed by atoms with Crippen LogP contribution in [-0.2, 0) is 6.67 Å². The Balaban J connectivity index is 1.49. The van der Waals surface area contributed by atoms with Gasteiger partial charge in [-0.05, 0) is 35.4 Å². The number of para-hydroxylation sites is 1. The highest BCUT2D eigenvalue weighted by Gasteiger charge is 2.03. The fourth-order valence-corrected chi connectivity index (χ4v) is 2.61. The first-order valence-corrected chi connectivity index (χ1v) is 7.58. The monoisotopic (exact) mass is 300 g/mol. The number of anilines is 1. The Morgan fingerprint density at radius 1 is 0.739 bits per heavy atom. The average Bonchev–Trinajstić information content (AvgIpc) is 3.04. The van der Waals surface area contributed by atoms with E-state index in [4.69, 9.17) is 0 Å². The Kier molecular flexibility index (Phi) is 3.48. The van der Waals surface area contributed by atoms with Gasteiger partial charge in [-0.25, -0.2) is 4.68 Å². The van der Waals surface area contributed by atoms with Gasteiger partial charge in [0, 0.05) is 5.69 Å². The van der Waals surface area contributed by atoms with E-state index in [1.54, 1.807) is 0 Å². The molecule has 4 aromatic rings. The van der Waals surface area contributed by atoms with Crippen LogP contribution in [0.5, 0.6) is 0 Å². The summed E-state index contributed by atoms with van der Waals surface area (Å²) in [6, 6.07) is 26.7. The molecule has 112 valence electrons.